The molecule has 0 aliphatic heterocycles. The Balaban J connectivity index is 2.18. The first-order chi connectivity index (χ1) is 7.85. The van der Waals surface area contributed by atoms with Crippen LogP contribution in [0.4, 0.5) is 0 Å². The Hall–Kier alpha value is -1.73. The standard InChI is InChI=1S/C9H13N5O2/c1-16-3-2-13-5-8(4-11-13)14-7-10-12-9(14)6-15/h4-5,7,15H,2-3,6H2,1H3. The van der Waals surface area contributed by atoms with Crippen LogP contribution >= 0.6 is 0 Å². The second-order valence-electron chi connectivity index (χ2n) is 3.23. The lowest BCUT2D eigenvalue weighted by Gasteiger charge is -2.00. The minimum atomic E-state index is -0.150. The lowest BCUT2D eigenvalue weighted by atomic mass is 10.5. The van der Waals surface area contributed by atoms with E-state index < -0.39 is 0 Å². The smallest absolute Gasteiger partial charge is 0.163 e. The summed E-state index contributed by atoms with van der Waals surface area (Å²) in [7, 11) is 1.65. The summed E-state index contributed by atoms with van der Waals surface area (Å²) in [6.07, 6.45) is 5.09. The largest absolute Gasteiger partial charge is 0.388 e. The fraction of sp³-hybridized carbons (Fsp3) is 0.444. The summed E-state index contributed by atoms with van der Waals surface area (Å²) in [5.41, 5.74) is 0.824. The van der Waals surface area contributed by atoms with Crippen LogP contribution in [0.5, 0.6) is 0 Å². The highest BCUT2D eigenvalue weighted by atomic mass is 16.5. The van der Waals surface area contributed by atoms with Crippen molar-refractivity contribution in [1.29, 1.82) is 0 Å². The van der Waals surface area contributed by atoms with Crippen LogP contribution in [0.15, 0.2) is 18.7 Å². The van der Waals surface area contributed by atoms with Gasteiger partial charge >= 0.3 is 0 Å². The molecule has 0 fully saturated rings. The number of nitrogens with zero attached hydrogens (tertiary/aromatic N) is 5. The molecule has 7 nitrogen and oxygen atoms in total. The molecule has 2 aromatic heterocycles. The van der Waals surface area contributed by atoms with E-state index in [0.717, 1.165) is 5.69 Å². The highest BCUT2D eigenvalue weighted by Gasteiger charge is 2.06. The molecule has 86 valence electrons. The molecule has 0 unspecified atom stereocenters. The maximum absolute atomic E-state index is 9.05. The summed E-state index contributed by atoms with van der Waals surface area (Å²) in [5, 5.41) is 20.7. The van der Waals surface area contributed by atoms with Gasteiger partial charge in [0.2, 0.25) is 0 Å². The molecule has 7 heteroatoms. The summed E-state index contributed by atoms with van der Waals surface area (Å²) in [6, 6.07) is 0. The lowest BCUT2D eigenvalue weighted by Crippen LogP contribution is -2.04. The average Bonchev–Trinajstić information content (AvgIpc) is 2.94. The van der Waals surface area contributed by atoms with Gasteiger partial charge in [0, 0.05) is 13.3 Å². The van der Waals surface area contributed by atoms with Crippen molar-refractivity contribution in [2.24, 2.45) is 0 Å². The van der Waals surface area contributed by atoms with E-state index in [9.17, 15) is 0 Å². The minimum Gasteiger partial charge on any atom is -0.388 e. The molecular weight excluding hydrogens is 210 g/mol. The van der Waals surface area contributed by atoms with Crippen molar-refractivity contribution < 1.29 is 9.84 Å². The number of rotatable bonds is 5. The van der Waals surface area contributed by atoms with Gasteiger partial charge in [-0.3, -0.25) is 9.25 Å². The van der Waals surface area contributed by atoms with Gasteiger partial charge in [-0.15, -0.1) is 10.2 Å². The van der Waals surface area contributed by atoms with Gasteiger partial charge in [-0.05, 0) is 0 Å². The van der Waals surface area contributed by atoms with Crippen molar-refractivity contribution in [3.63, 3.8) is 0 Å². The van der Waals surface area contributed by atoms with E-state index in [1.807, 2.05) is 6.20 Å². The number of hydrogen-bond donors (Lipinski definition) is 1. The van der Waals surface area contributed by atoms with Crippen LogP contribution < -0.4 is 0 Å². The summed E-state index contributed by atoms with van der Waals surface area (Å²) >= 11 is 0. The van der Waals surface area contributed by atoms with Crippen molar-refractivity contribution in [1.82, 2.24) is 24.5 Å². The predicted octanol–water partition coefficient (Wildman–Crippen LogP) is -0.398. The molecule has 0 aliphatic rings. The summed E-state index contributed by atoms with van der Waals surface area (Å²) < 4.78 is 8.41. The molecule has 0 radical (unpaired) electrons. The maximum Gasteiger partial charge on any atom is 0.163 e. The first kappa shape index (κ1) is 10.8. The molecule has 0 atom stereocenters. The highest BCUT2D eigenvalue weighted by Crippen LogP contribution is 2.08. The number of hydrogen-bond acceptors (Lipinski definition) is 5. The third-order valence-corrected chi connectivity index (χ3v) is 2.18. The van der Waals surface area contributed by atoms with Crippen LogP contribution in [-0.2, 0) is 17.9 Å². The first-order valence-corrected chi connectivity index (χ1v) is 4.86. The summed E-state index contributed by atoms with van der Waals surface area (Å²) in [5.74, 6) is 0.492. The third kappa shape index (κ3) is 2.10. The summed E-state index contributed by atoms with van der Waals surface area (Å²) in [6.45, 7) is 1.15. The number of aromatic nitrogens is 5. The maximum atomic E-state index is 9.05. The van der Waals surface area contributed by atoms with E-state index in [4.69, 9.17) is 9.84 Å². The van der Waals surface area contributed by atoms with Gasteiger partial charge in [0.05, 0.1) is 25.0 Å². The Morgan fingerprint density at radius 3 is 3.12 bits per heavy atom. The van der Waals surface area contributed by atoms with Crippen LogP contribution in [0.3, 0.4) is 0 Å². The SMILES string of the molecule is COCCn1cc(-n2cnnc2CO)cn1. The fourth-order valence-corrected chi connectivity index (χ4v) is 1.37. The molecule has 2 rings (SSSR count). The second-order valence-corrected chi connectivity index (χ2v) is 3.23. The monoisotopic (exact) mass is 223 g/mol. The van der Waals surface area contributed by atoms with E-state index in [-0.39, 0.29) is 6.61 Å². The molecule has 2 aromatic rings. The van der Waals surface area contributed by atoms with Gasteiger partial charge in [0.15, 0.2) is 5.82 Å². The van der Waals surface area contributed by atoms with E-state index >= 15 is 0 Å². The van der Waals surface area contributed by atoms with Crippen molar-refractivity contribution in [2.45, 2.75) is 13.2 Å². The Labute approximate surface area is 92.3 Å². The molecular formula is C9H13N5O2. The average molecular weight is 223 g/mol. The minimum absolute atomic E-state index is 0.150. The Bertz CT molecular complexity index is 450. The zero-order valence-electron chi connectivity index (χ0n) is 8.94. The highest BCUT2D eigenvalue weighted by molar-refractivity contribution is 5.26. The molecule has 0 spiro atoms. The topological polar surface area (TPSA) is 78.0 Å². The Morgan fingerprint density at radius 1 is 1.50 bits per heavy atom. The molecule has 0 aliphatic carbocycles. The van der Waals surface area contributed by atoms with Gasteiger partial charge in [-0.1, -0.05) is 0 Å². The van der Waals surface area contributed by atoms with Gasteiger partial charge < -0.3 is 9.84 Å². The molecule has 0 amide bonds. The number of methoxy groups -OCH3 is 1. The Morgan fingerprint density at radius 2 is 2.38 bits per heavy atom. The Kier molecular flexibility index (Phi) is 3.28. The van der Waals surface area contributed by atoms with Crippen LogP contribution in [-0.4, -0.2) is 43.4 Å². The quantitative estimate of drug-likeness (QED) is 0.746. The van der Waals surface area contributed by atoms with E-state index in [0.29, 0.717) is 19.0 Å². The second kappa shape index (κ2) is 4.86. The fourth-order valence-electron chi connectivity index (χ4n) is 1.37. The normalized spacial score (nSPS) is 10.9. The molecule has 0 saturated carbocycles. The predicted molar refractivity (Wildman–Crippen MR) is 54.9 cm³/mol. The zero-order valence-corrected chi connectivity index (χ0v) is 8.94. The van der Waals surface area contributed by atoms with E-state index in [1.165, 1.54) is 0 Å². The van der Waals surface area contributed by atoms with Gasteiger partial charge in [-0.2, -0.15) is 5.10 Å². The van der Waals surface area contributed by atoms with Gasteiger partial charge in [0.1, 0.15) is 12.9 Å². The molecule has 2 heterocycles. The van der Waals surface area contributed by atoms with Crippen molar-refractivity contribution in [3.05, 3.63) is 24.5 Å². The van der Waals surface area contributed by atoms with E-state index in [2.05, 4.69) is 15.3 Å². The molecule has 1 N–H and O–H groups in total. The van der Waals surface area contributed by atoms with E-state index in [1.54, 1.807) is 28.9 Å². The molecule has 16 heavy (non-hydrogen) atoms. The first-order valence-electron chi connectivity index (χ1n) is 4.86. The van der Waals surface area contributed by atoms with Crippen LogP contribution in [0.1, 0.15) is 5.82 Å². The van der Waals surface area contributed by atoms with Gasteiger partial charge in [-0.25, -0.2) is 0 Å². The van der Waals surface area contributed by atoms with Crippen molar-refractivity contribution in [3.8, 4) is 5.69 Å². The van der Waals surface area contributed by atoms with Crippen LogP contribution in [0, 0.1) is 0 Å². The number of aliphatic hydroxyl groups excluding tert-OH is 1. The van der Waals surface area contributed by atoms with Gasteiger partial charge in [0.25, 0.3) is 0 Å². The molecule has 0 saturated heterocycles. The molecule has 0 bridgehead atoms. The van der Waals surface area contributed by atoms with Crippen LogP contribution in [0.2, 0.25) is 0 Å². The third-order valence-electron chi connectivity index (χ3n) is 2.18. The lowest BCUT2D eigenvalue weighted by molar-refractivity contribution is 0.183. The number of aliphatic hydroxyl groups is 1. The van der Waals surface area contributed by atoms with Crippen molar-refractivity contribution >= 4 is 0 Å². The summed E-state index contributed by atoms with van der Waals surface area (Å²) in [4.78, 5) is 0. The van der Waals surface area contributed by atoms with Crippen LogP contribution in [0.25, 0.3) is 5.69 Å². The number of ether oxygens (including phenoxy) is 1. The molecule has 0 aromatic carbocycles. The zero-order chi connectivity index (χ0) is 11.4. The van der Waals surface area contributed by atoms with Crippen molar-refractivity contribution in [2.75, 3.05) is 13.7 Å².